The van der Waals surface area contributed by atoms with Gasteiger partial charge in [-0.2, -0.15) is 0 Å². The lowest BCUT2D eigenvalue weighted by molar-refractivity contribution is -0.121. The Balaban J connectivity index is 1.45. The van der Waals surface area contributed by atoms with Gasteiger partial charge in [0.2, 0.25) is 5.91 Å². The Bertz CT molecular complexity index is 901. The van der Waals surface area contributed by atoms with E-state index in [0.717, 1.165) is 26.1 Å². The number of carbonyl (C=O) groups is 1. The van der Waals surface area contributed by atoms with Crippen LogP contribution in [0.2, 0.25) is 0 Å². The van der Waals surface area contributed by atoms with Crippen LogP contribution in [-0.4, -0.2) is 30.4 Å². The van der Waals surface area contributed by atoms with E-state index in [9.17, 15) is 4.79 Å². The van der Waals surface area contributed by atoms with E-state index in [-0.39, 0.29) is 16.6 Å². The van der Waals surface area contributed by atoms with E-state index < -0.39 is 0 Å². The minimum atomic E-state index is -0.0236. The SMILES string of the molecule is O=C(CC(c1ccccc1)c1ccccc1)NCC1(Sc2ccccc2)CCOCC1. The quantitative estimate of drug-likeness (QED) is 0.500. The van der Waals surface area contributed by atoms with E-state index in [1.165, 1.54) is 16.0 Å². The first-order valence-corrected chi connectivity index (χ1v) is 11.7. The van der Waals surface area contributed by atoms with Crippen LogP contribution < -0.4 is 5.32 Å². The molecule has 1 amide bonds. The smallest absolute Gasteiger partial charge is 0.220 e. The molecule has 0 unspecified atom stereocenters. The van der Waals surface area contributed by atoms with Crippen molar-refractivity contribution in [1.82, 2.24) is 5.32 Å². The molecule has 3 nitrogen and oxygen atoms in total. The van der Waals surface area contributed by atoms with E-state index in [0.29, 0.717) is 13.0 Å². The van der Waals surface area contributed by atoms with Gasteiger partial charge in [-0.1, -0.05) is 78.9 Å². The lowest BCUT2D eigenvalue weighted by Gasteiger charge is -2.37. The number of carbonyl (C=O) groups excluding carboxylic acids is 1. The van der Waals surface area contributed by atoms with Crippen LogP contribution in [0.25, 0.3) is 0 Å². The van der Waals surface area contributed by atoms with Crippen molar-refractivity contribution in [3.8, 4) is 0 Å². The molecule has 3 aromatic rings. The van der Waals surface area contributed by atoms with Crippen LogP contribution in [0.5, 0.6) is 0 Å². The third-order valence-electron chi connectivity index (χ3n) is 5.88. The maximum Gasteiger partial charge on any atom is 0.220 e. The highest BCUT2D eigenvalue weighted by molar-refractivity contribution is 8.00. The second-order valence-corrected chi connectivity index (χ2v) is 9.61. The van der Waals surface area contributed by atoms with Crippen LogP contribution in [0.4, 0.5) is 0 Å². The van der Waals surface area contributed by atoms with Crippen molar-refractivity contribution in [2.45, 2.75) is 34.8 Å². The van der Waals surface area contributed by atoms with Crippen molar-refractivity contribution >= 4 is 17.7 Å². The molecule has 3 aromatic carbocycles. The Morgan fingerprint density at radius 3 is 1.90 bits per heavy atom. The number of thioether (sulfide) groups is 1. The zero-order valence-corrected chi connectivity index (χ0v) is 18.5. The first-order chi connectivity index (χ1) is 15.2. The maximum atomic E-state index is 13.1. The zero-order chi connectivity index (χ0) is 21.4. The molecule has 0 aliphatic carbocycles. The third-order valence-corrected chi connectivity index (χ3v) is 7.38. The summed E-state index contributed by atoms with van der Waals surface area (Å²) < 4.78 is 5.60. The molecule has 0 atom stereocenters. The van der Waals surface area contributed by atoms with E-state index in [4.69, 9.17) is 4.74 Å². The summed E-state index contributed by atoms with van der Waals surface area (Å²) >= 11 is 1.87. The zero-order valence-electron chi connectivity index (χ0n) is 17.7. The Morgan fingerprint density at radius 2 is 1.35 bits per heavy atom. The number of amides is 1. The van der Waals surface area contributed by atoms with Gasteiger partial charge in [0.05, 0.1) is 0 Å². The summed E-state index contributed by atoms with van der Waals surface area (Å²) in [4.78, 5) is 14.3. The fourth-order valence-corrected chi connectivity index (χ4v) is 5.42. The van der Waals surface area contributed by atoms with Crippen LogP contribution in [0.1, 0.15) is 36.3 Å². The summed E-state index contributed by atoms with van der Waals surface area (Å²) in [5.41, 5.74) is 2.34. The Morgan fingerprint density at radius 1 is 0.839 bits per heavy atom. The second-order valence-electron chi connectivity index (χ2n) is 8.07. The summed E-state index contributed by atoms with van der Waals surface area (Å²) in [5.74, 6) is 0.145. The molecule has 0 saturated carbocycles. The van der Waals surface area contributed by atoms with Crippen molar-refractivity contribution in [3.63, 3.8) is 0 Å². The largest absolute Gasteiger partial charge is 0.381 e. The number of benzene rings is 3. The van der Waals surface area contributed by atoms with Crippen molar-refractivity contribution in [2.75, 3.05) is 19.8 Å². The van der Waals surface area contributed by atoms with Crippen LogP contribution in [-0.2, 0) is 9.53 Å². The van der Waals surface area contributed by atoms with E-state index in [1.807, 2.05) is 54.2 Å². The average Bonchev–Trinajstić information content (AvgIpc) is 2.84. The maximum absolute atomic E-state index is 13.1. The topological polar surface area (TPSA) is 38.3 Å². The van der Waals surface area contributed by atoms with Gasteiger partial charge < -0.3 is 10.1 Å². The van der Waals surface area contributed by atoms with Crippen molar-refractivity contribution in [1.29, 1.82) is 0 Å². The van der Waals surface area contributed by atoms with Gasteiger partial charge in [0, 0.05) is 41.7 Å². The lowest BCUT2D eigenvalue weighted by atomic mass is 9.88. The summed E-state index contributed by atoms with van der Waals surface area (Å²) in [7, 11) is 0. The number of hydrogen-bond acceptors (Lipinski definition) is 3. The highest BCUT2D eigenvalue weighted by atomic mass is 32.2. The van der Waals surface area contributed by atoms with Gasteiger partial charge in [-0.25, -0.2) is 0 Å². The lowest BCUT2D eigenvalue weighted by Crippen LogP contribution is -2.44. The fourth-order valence-electron chi connectivity index (χ4n) is 4.11. The minimum Gasteiger partial charge on any atom is -0.381 e. The van der Waals surface area contributed by atoms with Crippen molar-refractivity contribution < 1.29 is 9.53 Å². The molecule has 1 saturated heterocycles. The van der Waals surface area contributed by atoms with Crippen LogP contribution in [0, 0.1) is 0 Å². The van der Waals surface area contributed by atoms with E-state index in [2.05, 4.69) is 53.8 Å². The number of ether oxygens (including phenoxy) is 1. The third kappa shape index (κ3) is 5.99. The van der Waals surface area contributed by atoms with Crippen LogP contribution in [0.3, 0.4) is 0 Å². The predicted molar refractivity (Wildman–Crippen MR) is 127 cm³/mol. The average molecular weight is 432 g/mol. The molecule has 0 radical (unpaired) electrons. The predicted octanol–water partition coefficient (Wildman–Crippen LogP) is 5.67. The fraction of sp³-hybridized carbons (Fsp3) is 0.296. The molecular weight excluding hydrogens is 402 g/mol. The molecule has 4 rings (SSSR count). The standard InChI is InChI=1S/C27H29NO2S/c29-26(20-25(22-10-4-1-5-11-22)23-12-6-2-7-13-23)28-21-27(16-18-30-19-17-27)31-24-14-8-3-9-15-24/h1-15,25H,16-21H2,(H,28,29). The highest BCUT2D eigenvalue weighted by Gasteiger charge is 2.34. The molecule has 0 bridgehead atoms. The second kappa shape index (κ2) is 10.7. The van der Waals surface area contributed by atoms with E-state index >= 15 is 0 Å². The monoisotopic (exact) mass is 431 g/mol. The van der Waals surface area contributed by atoms with Gasteiger partial charge in [0.1, 0.15) is 0 Å². The van der Waals surface area contributed by atoms with Gasteiger partial charge in [0.15, 0.2) is 0 Å². The Labute approximate surface area is 189 Å². The summed E-state index contributed by atoms with van der Waals surface area (Å²) in [6, 6.07) is 31.1. The Kier molecular flexibility index (Phi) is 7.44. The molecule has 31 heavy (non-hydrogen) atoms. The first-order valence-electron chi connectivity index (χ1n) is 10.9. The molecule has 4 heteroatoms. The van der Waals surface area contributed by atoms with Crippen molar-refractivity contribution in [3.05, 3.63) is 102 Å². The molecule has 1 aliphatic heterocycles. The Hall–Kier alpha value is -2.56. The summed E-state index contributed by atoms with van der Waals surface area (Å²) in [5, 5.41) is 3.27. The first kappa shape index (κ1) is 21.7. The van der Waals surface area contributed by atoms with Crippen molar-refractivity contribution in [2.24, 2.45) is 0 Å². The molecule has 1 fully saturated rings. The molecule has 0 spiro atoms. The van der Waals surface area contributed by atoms with Gasteiger partial charge in [-0.05, 0) is 36.1 Å². The minimum absolute atomic E-state index is 0.0236. The molecular formula is C27H29NO2S. The summed E-state index contributed by atoms with van der Waals surface area (Å²) in [6.07, 6.45) is 2.32. The van der Waals surface area contributed by atoms with Crippen LogP contribution in [0.15, 0.2) is 95.9 Å². The van der Waals surface area contributed by atoms with Crippen LogP contribution >= 0.6 is 11.8 Å². The van der Waals surface area contributed by atoms with Gasteiger partial charge in [-0.3, -0.25) is 4.79 Å². The van der Waals surface area contributed by atoms with Gasteiger partial charge in [0.25, 0.3) is 0 Å². The number of hydrogen-bond donors (Lipinski definition) is 1. The van der Waals surface area contributed by atoms with E-state index in [1.54, 1.807) is 0 Å². The highest BCUT2D eigenvalue weighted by Crippen LogP contribution is 2.40. The van der Waals surface area contributed by atoms with Gasteiger partial charge >= 0.3 is 0 Å². The normalized spacial score (nSPS) is 15.5. The number of rotatable bonds is 8. The van der Waals surface area contributed by atoms with Gasteiger partial charge in [-0.15, -0.1) is 11.8 Å². The summed E-state index contributed by atoms with van der Waals surface area (Å²) in [6.45, 7) is 2.14. The molecule has 1 aliphatic rings. The molecule has 0 aromatic heterocycles. The molecule has 1 heterocycles. The molecule has 1 N–H and O–H groups in total. The number of nitrogens with one attached hydrogen (secondary N) is 1. The molecule has 160 valence electrons.